The molecule has 19 heavy (non-hydrogen) atoms. The topological polar surface area (TPSA) is 44.5 Å². The molecule has 106 valence electrons. The third kappa shape index (κ3) is 2.57. The highest BCUT2D eigenvalue weighted by Gasteiger charge is 2.43. The molecule has 2 saturated heterocycles. The van der Waals surface area contributed by atoms with Gasteiger partial charge in [0.1, 0.15) is 0 Å². The molecule has 3 atom stereocenters. The van der Waals surface area contributed by atoms with Crippen LogP contribution in [0.2, 0.25) is 5.02 Å². The van der Waals surface area contributed by atoms with Crippen LogP contribution >= 0.6 is 22.9 Å². The lowest BCUT2D eigenvalue weighted by Gasteiger charge is -2.39. The molecule has 0 aromatic carbocycles. The van der Waals surface area contributed by atoms with Crippen LogP contribution in [0, 0.1) is 12.8 Å². The number of hydrogen-bond acceptors (Lipinski definition) is 4. The molecule has 1 spiro atoms. The predicted molar refractivity (Wildman–Crippen MR) is 77.8 cm³/mol. The molecular weight excluding hydrogens is 282 g/mol. The fourth-order valence-electron chi connectivity index (χ4n) is 3.12. The summed E-state index contributed by atoms with van der Waals surface area (Å²) < 4.78 is 11.5. The molecule has 2 fully saturated rings. The first-order chi connectivity index (χ1) is 9.11. The van der Waals surface area contributed by atoms with Gasteiger partial charge >= 0.3 is 0 Å². The van der Waals surface area contributed by atoms with E-state index in [0.29, 0.717) is 12.5 Å². The number of ether oxygens (including phenoxy) is 2. The monoisotopic (exact) mass is 301 g/mol. The lowest BCUT2D eigenvalue weighted by molar-refractivity contribution is -0.101. The van der Waals surface area contributed by atoms with Crippen molar-refractivity contribution < 1.29 is 9.47 Å². The molecule has 1 aromatic heterocycles. The van der Waals surface area contributed by atoms with Gasteiger partial charge in [-0.25, -0.2) is 0 Å². The van der Waals surface area contributed by atoms with Gasteiger partial charge in [0.25, 0.3) is 0 Å². The van der Waals surface area contributed by atoms with Crippen LogP contribution in [0.25, 0.3) is 0 Å². The average Bonchev–Trinajstić information content (AvgIpc) is 2.98. The third-order valence-corrected chi connectivity index (χ3v) is 6.15. The molecule has 2 aliphatic rings. The van der Waals surface area contributed by atoms with Gasteiger partial charge in [-0.1, -0.05) is 11.6 Å². The molecule has 0 amide bonds. The van der Waals surface area contributed by atoms with Crippen LogP contribution in [0.3, 0.4) is 0 Å². The van der Waals surface area contributed by atoms with Gasteiger partial charge in [0.05, 0.1) is 17.2 Å². The lowest BCUT2D eigenvalue weighted by Crippen LogP contribution is -2.43. The first-order valence-electron chi connectivity index (χ1n) is 6.82. The van der Waals surface area contributed by atoms with E-state index in [9.17, 15) is 0 Å². The van der Waals surface area contributed by atoms with Crippen molar-refractivity contribution in [3.05, 3.63) is 20.8 Å². The second-order valence-corrected chi connectivity index (χ2v) is 7.00. The van der Waals surface area contributed by atoms with Gasteiger partial charge < -0.3 is 15.2 Å². The molecule has 0 saturated carbocycles. The summed E-state index contributed by atoms with van der Waals surface area (Å²) in [5.74, 6) is 0.436. The molecule has 3 rings (SSSR count). The van der Waals surface area contributed by atoms with Gasteiger partial charge in [0, 0.05) is 30.6 Å². The van der Waals surface area contributed by atoms with Gasteiger partial charge in [-0.2, -0.15) is 0 Å². The minimum atomic E-state index is -0.0840. The number of hydrogen-bond donors (Lipinski definition) is 1. The summed E-state index contributed by atoms with van der Waals surface area (Å²) in [6.07, 6.45) is 2.99. The summed E-state index contributed by atoms with van der Waals surface area (Å²) >= 11 is 8.03. The molecule has 3 nitrogen and oxygen atoms in total. The van der Waals surface area contributed by atoms with E-state index in [0.717, 1.165) is 47.9 Å². The average molecular weight is 302 g/mol. The van der Waals surface area contributed by atoms with Crippen LogP contribution in [0.1, 0.15) is 35.7 Å². The van der Waals surface area contributed by atoms with Gasteiger partial charge in [-0.15, -0.1) is 11.3 Å². The molecule has 0 bridgehead atoms. The van der Waals surface area contributed by atoms with E-state index in [2.05, 4.69) is 5.38 Å². The van der Waals surface area contributed by atoms with E-state index >= 15 is 0 Å². The Morgan fingerprint density at radius 1 is 1.53 bits per heavy atom. The maximum absolute atomic E-state index is 6.46. The van der Waals surface area contributed by atoms with Crippen molar-refractivity contribution in [2.45, 2.75) is 37.8 Å². The van der Waals surface area contributed by atoms with E-state index in [1.54, 1.807) is 11.3 Å². The maximum Gasteiger partial charge on any atom is 0.0940 e. The summed E-state index contributed by atoms with van der Waals surface area (Å²) in [6.45, 7) is 4.34. The smallest absolute Gasteiger partial charge is 0.0940 e. The number of rotatable bonds is 2. The molecule has 2 N–H and O–H groups in total. The van der Waals surface area contributed by atoms with Crippen molar-refractivity contribution in [1.29, 1.82) is 0 Å². The Morgan fingerprint density at radius 2 is 2.37 bits per heavy atom. The summed E-state index contributed by atoms with van der Waals surface area (Å²) in [4.78, 5) is 1.13. The number of halogens is 1. The molecule has 3 heterocycles. The number of nitrogens with two attached hydrogens (primary N) is 1. The van der Waals surface area contributed by atoms with Gasteiger partial charge in [-0.05, 0) is 36.6 Å². The minimum Gasteiger partial charge on any atom is -0.378 e. The van der Waals surface area contributed by atoms with Gasteiger partial charge in [-0.3, -0.25) is 0 Å². The molecule has 2 aliphatic heterocycles. The van der Waals surface area contributed by atoms with Crippen LogP contribution in [-0.4, -0.2) is 25.4 Å². The first-order valence-corrected chi connectivity index (χ1v) is 8.08. The van der Waals surface area contributed by atoms with Crippen molar-refractivity contribution >= 4 is 22.9 Å². The lowest BCUT2D eigenvalue weighted by atomic mass is 9.81. The Bertz CT molecular complexity index is 456. The number of thiophene rings is 1. The Morgan fingerprint density at radius 3 is 3.00 bits per heavy atom. The molecular formula is C14H20ClNO2S. The van der Waals surface area contributed by atoms with E-state index in [-0.39, 0.29) is 11.6 Å². The standard InChI is InChI=1S/C14H20ClNO2S/c1-9-7-19-13(11(9)15)12(16)10-2-4-18-14(6-10)3-5-17-8-14/h7,10,12H,2-6,8,16H2,1H3. The van der Waals surface area contributed by atoms with Crippen LogP contribution in [0.15, 0.2) is 5.38 Å². The fraction of sp³-hybridized carbons (Fsp3) is 0.714. The van der Waals surface area contributed by atoms with Crippen molar-refractivity contribution in [2.24, 2.45) is 11.7 Å². The normalized spacial score (nSPS) is 32.9. The van der Waals surface area contributed by atoms with Crippen molar-refractivity contribution in [3.8, 4) is 0 Å². The van der Waals surface area contributed by atoms with Crippen molar-refractivity contribution in [2.75, 3.05) is 19.8 Å². The van der Waals surface area contributed by atoms with Crippen molar-refractivity contribution in [1.82, 2.24) is 0 Å². The Kier molecular flexibility index (Phi) is 3.89. The second kappa shape index (κ2) is 5.34. The van der Waals surface area contributed by atoms with Crippen LogP contribution in [-0.2, 0) is 9.47 Å². The highest BCUT2D eigenvalue weighted by molar-refractivity contribution is 7.10. The second-order valence-electron chi connectivity index (χ2n) is 5.71. The highest BCUT2D eigenvalue weighted by Crippen LogP contribution is 2.43. The van der Waals surface area contributed by atoms with E-state index < -0.39 is 0 Å². The molecule has 0 aliphatic carbocycles. The van der Waals surface area contributed by atoms with E-state index in [1.165, 1.54) is 0 Å². The Balaban J connectivity index is 1.76. The van der Waals surface area contributed by atoms with Gasteiger partial charge in [0.15, 0.2) is 0 Å². The largest absolute Gasteiger partial charge is 0.378 e. The fourth-order valence-corrected chi connectivity index (χ4v) is 4.54. The molecule has 0 radical (unpaired) electrons. The number of aryl methyl sites for hydroxylation is 1. The molecule has 5 heteroatoms. The minimum absolute atomic E-state index is 0.0209. The van der Waals surface area contributed by atoms with Crippen molar-refractivity contribution in [3.63, 3.8) is 0 Å². The zero-order valence-electron chi connectivity index (χ0n) is 11.2. The maximum atomic E-state index is 6.46. The summed E-state index contributed by atoms with van der Waals surface area (Å²) in [6, 6.07) is 0.0209. The predicted octanol–water partition coefficient (Wildman–Crippen LogP) is 3.30. The van der Waals surface area contributed by atoms with E-state index in [4.69, 9.17) is 26.8 Å². The summed E-state index contributed by atoms with van der Waals surface area (Å²) in [7, 11) is 0. The summed E-state index contributed by atoms with van der Waals surface area (Å²) in [5.41, 5.74) is 7.51. The van der Waals surface area contributed by atoms with Crippen LogP contribution < -0.4 is 5.73 Å². The van der Waals surface area contributed by atoms with Gasteiger partial charge in [0.2, 0.25) is 0 Å². The highest BCUT2D eigenvalue weighted by atomic mass is 35.5. The zero-order valence-corrected chi connectivity index (χ0v) is 12.7. The Hall–Kier alpha value is -0.130. The zero-order chi connectivity index (χ0) is 13.5. The molecule has 1 aromatic rings. The first kappa shape index (κ1) is 13.8. The molecule has 3 unspecified atom stereocenters. The van der Waals surface area contributed by atoms with Crippen LogP contribution in [0.5, 0.6) is 0 Å². The Labute approximate surface area is 123 Å². The summed E-state index contributed by atoms with van der Waals surface area (Å²) in [5, 5.41) is 2.94. The van der Waals surface area contributed by atoms with Crippen LogP contribution in [0.4, 0.5) is 0 Å². The SMILES string of the molecule is Cc1csc(C(N)C2CCOC3(CCOC3)C2)c1Cl. The third-order valence-electron chi connectivity index (χ3n) is 4.33. The van der Waals surface area contributed by atoms with E-state index in [1.807, 2.05) is 6.92 Å². The quantitative estimate of drug-likeness (QED) is 0.911.